The molecule has 1 unspecified atom stereocenters. The van der Waals surface area contributed by atoms with Crippen LogP contribution in [0.2, 0.25) is 0 Å². The molecule has 1 aromatic rings. The van der Waals surface area contributed by atoms with Crippen molar-refractivity contribution in [2.75, 3.05) is 63.3 Å². The zero-order valence-corrected chi connectivity index (χ0v) is 16.8. The number of piperazine rings is 1. The van der Waals surface area contributed by atoms with E-state index in [1.54, 1.807) is 18.9 Å². The molecular weight excluding hydrogens is 346 g/mol. The summed E-state index contributed by atoms with van der Waals surface area (Å²) < 4.78 is 5.25. The van der Waals surface area contributed by atoms with Crippen LogP contribution in [0.1, 0.15) is 19.3 Å². The second-order valence-electron chi connectivity index (χ2n) is 7.10. The first kappa shape index (κ1) is 19.4. The van der Waals surface area contributed by atoms with Gasteiger partial charge in [0.2, 0.25) is 5.91 Å². The third-order valence-corrected chi connectivity index (χ3v) is 6.15. The fourth-order valence-corrected chi connectivity index (χ4v) is 4.34. The minimum Gasteiger partial charge on any atom is -0.497 e. The molecule has 1 atom stereocenters. The van der Waals surface area contributed by atoms with Gasteiger partial charge < -0.3 is 14.5 Å². The summed E-state index contributed by atoms with van der Waals surface area (Å²) in [4.78, 5) is 19.5. The van der Waals surface area contributed by atoms with Crippen LogP contribution >= 0.6 is 11.8 Å². The minimum absolute atomic E-state index is 0.334. The molecule has 2 aliphatic heterocycles. The lowest BCUT2D eigenvalue weighted by Gasteiger charge is -2.44. The second kappa shape index (κ2) is 9.51. The Balaban J connectivity index is 1.50. The van der Waals surface area contributed by atoms with Crippen LogP contribution in [0.5, 0.6) is 5.75 Å². The Morgan fingerprint density at radius 3 is 2.54 bits per heavy atom. The van der Waals surface area contributed by atoms with E-state index in [2.05, 4.69) is 33.1 Å². The van der Waals surface area contributed by atoms with Gasteiger partial charge >= 0.3 is 0 Å². The number of nitrogens with zero attached hydrogens (tertiary/aromatic N) is 3. The van der Waals surface area contributed by atoms with E-state index in [0.29, 0.717) is 18.4 Å². The molecule has 2 fully saturated rings. The maximum Gasteiger partial charge on any atom is 0.223 e. The van der Waals surface area contributed by atoms with Crippen LogP contribution in [-0.2, 0) is 4.79 Å². The van der Waals surface area contributed by atoms with Crippen LogP contribution in [-0.4, -0.2) is 80.1 Å². The lowest BCUT2D eigenvalue weighted by Crippen LogP contribution is -2.55. The molecule has 0 bridgehead atoms. The fraction of sp³-hybridized carbons (Fsp3) is 0.650. The van der Waals surface area contributed by atoms with Crippen LogP contribution in [0.25, 0.3) is 0 Å². The van der Waals surface area contributed by atoms with Crippen molar-refractivity contribution in [3.63, 3.8) is 0 Å². The molecule has 0 N–H and O–H groups in total. The summed E-state index contributed by atoms with van der Waals surface area (Å²) >= 11 is 1.75. The molecule has 0 aliphatic carbocycles. The van der Waals surface area contributed by atoms with Gasteiger partial charge in [-0.2, -0.15) is 11.8 Å². The normalized spacial score (nSPS) is 21.7. The third-order valence-electron chi connectivity index (χ3n) is 5.54. The molecule has 6 heteroatoms. The number of piperidine rings is 1. The van der Waals surface area contributed by atoms with Crippen molar-refractivity contribution in [2.24, 2.45) is 0 Å². The highest BCUT2D eigenvalue weighted by atomic mass is 32.2. The molecule has 1 amide bonds. The number of benzene rings is 1. The second-order valence-corrected chi connectivity index (χ2v) is 8.09. The SMILES string of the molecule is COc1ccc(N2CCN(C3CCCN(C(=O)CCSC)C3)CC2)cc1. The van der Waals surface area contributed by atoms with Gasteiger partial charge in [0.25, 0.3) is 0 Å². The van der Waals surface area contributed by atoms with Gasteiger partial charge in [-0.1, -0.05) is 0 Å². The Kier molecular flexibility index (Phi) is 7.08. The van der Waals surface area contributed by atoms with E-state index in [4.69, 9.17) is 4.74 Å². The number of anilines is 1. The summed E-state index contributed by atoms with van der Waals surface area (Å²) in [5, 5.41) is 0. The third kappa shape index (κ3) is 4.86. The molecule has 2 saturated heterocycles. The lowest BCUT2D eigenvalue weighted by molar-refractivity contribution is -0.132. The number of carbonyl (C=O) groups is 1. The topological polar surface area (TPSA) is 36.0 Å². The van der Waals surface area contributed by atoms with Crippen LogP contribution in [0, 0.1) is 0 Å². The highest BCUT2D eigenvalue weighted by Crippen LogP contribution is 2.23. The van der Waals surface area contributed by atoms with E-state index in [1.807, 2.05) is 12.1 Å². The number of hydrogen-bond donors (Lipinski definition) is 0. The summed E-state index contributed by atoms with van der Waals surface area (Å²) in [6.45, 7) is 6.09. The first-order valence-corrected chi connectivity index (χ1v) is 11.0. The molecule has 26 heavy (non-hydrogen) atoms. The van der Waals surface area contributed by atoms with Crippen molar-refractivity contribution >= 4 is 23.4 Å². The van der Waals surface area contributed by atoms with Crippen LogP contribution in [0.15, 0.2) is 24.3 Å². The molecular formula is C20H31N3O2S. The first-order chi connectivity index (χ1) is 12.7. The molecule has 0 spiro atoms. The number of ether oxygens (including phenoxy) is 1. The Hall–Kier alpha value is -1.40. The maximum atomic E-state index is 12.4. The Bertz CT molecular complexity index is 573. The largest absolute Gasteiger partial charge is 0.497 e. The molecule has 2 aliphatic rings. The predicted molar refractivity (Wildman–Crippen MR) is 109 cm³/mol. The minimum atomic E-state index is 0.334. The molecule has 2 heterocycles. The lowest BCUT2D eigenvalue weighted by atomic mass is 10.0. The van der Waals surface area contributed by atoms with Crippen molar-refractivity contribution in [3.05, 3.63) is 24.3 Å². The van der Waals surface area contributed by atoms with E-state index < -0.39 is 0 Å². The predicted octanol–water partition coefficient (Wildman–Crippen LogP) is 2.56. The Morgan fingerprint density at radius 2 is 1.88 bits per heavy atom. The highest BCUT2D eigenvalue weighted by Gasteiger charge is 2.29. The van der Waals surface area contributed by atoms with E-state index in [-0.39, 0.29) is 0 Å². The average Bonchev–Trinajstić information content (AvgIpc) is 2.72. The molecule has 1 aromatic carbocycles. The summed E-state index contributed by atoms with van der Waals surface area (Å²) in [6, 6.07) is 8.87. The number of carbonyl (C=O) groups excluding carboxylic acids is 1. The van der Waals surface area contributed by atoms with Crippen LogP contribution < -0.4 is 9.64 Å². The smallest absolute Gasteiger partial charge is 0.223 e. The number of thioether (sulfide) groups is 1. The van der Waals surface area contributed by atoms with Gasteiger partial charge in [0.15, 0.2) is 0 Å². The highest BCUT2D eigenvalue weighted by molar-refractivity contribution is 7.98. The molecule has 0 radical (unpaired) electrons. The molecule has 0 aromatic heterocycles. The standard InChI is InChI=1S/C20H31N3O2S/c1-25-19-7-5-17(6-8-19)21-11-13-22(14-12-21)18-4-3-10-23(16-18)20(24)9-15-26-2/h5-8,18H,3-4,9-16H2,1-2H3. The first-order valence-electron chi connectivity index (χ1n) is 9.61. The van der Waals surface area contributed by atoms with Gasteiger partial charge in [-0.15, -0.1) is 0 Å². The summed E-state index contributed by atoms with van der Waals surface area (Å²) in [5.74, 6) is 2.17. The van der Waals surface area contributed by atoms with Crippen molar-refractivity contribution in [1.82, 2.24) is 9.80 Å². The van der Waals surface area contributed by atoms with Crippen molar-refractivity contribution in [2.45, 2.75) is 25.3 Å². The molecule has 144 valence electrons. The monoisotopic (exact) mass is 377 g/mol. The van der Waals surface area contributed by atoms with E-state index >= 15 is 0 Å². The number of methoxy groups -OCH3 is 1. The quantitative estimate of drug-likeness (QED) is 0.761. The van der Waals surface area contributed by atoms with Gasteiger partial charge in [-0.3, -0.25) is 9.69 Å². The number of likely N-dealkylation sites (tertiary alicyclic amines) is 1. The number of rotatable bonds is 6. The van der Waals surface area contributed by atoms with E-state index in [1.165, 1.54) is 12.1 Å². The summed E-state index contributed by atoms with van der Waals surface area (Å²) in [5.41, 5.74) is 1.27. The van der Waals surface area contributed by atoms with Crippen molar-refractivity contribution in [1.29, 1.82) is 0 Å². The average molecular weight is 378 g/mol. The van der Waals surface area contributed by atoms with Crippen LogP contribution in [0.3, 0.4) is 0 Å². The van der Waals surface area contributed by atoms with Crippen molar-refractivity contribution in [3.8, 4) is 5.75 Å². The van der Waals surface area contributed by atoms with Gasteiger partial charge in [0, 0.05) is 63.2 Å². The zero-order valence-electron chi connectivity index (χ0n) is 16.0. The van der Waals surface area contributed by atoms with Gasteiger partial charge in [-0.05, 0) is 43.4 Å². The maximum absolute atomic E-state index is 12.4. The van der Waals surface area contributed by atoms with E-state index in [0.717, 1.165) is 57.2 Å². The van der Waals surface area contributed by atoms with Crippen LogP contribution in [0.4, 0.5) is 5.69 Å². The van der Waals surface area contributed by atoms with E-state index in [9.17, 15) is 4.79 Å². The van der Waals surface area contributed by atoms with Gasteiger partial charge in [0.05, 0.1) is 7.11 Å². The molecule has 5 nitrogen and oxygen atoms in total. The molecule has 0 saturated carbocycles. The Labute approximate surface area is 161 Å². The van der Waals surface area contributed by atoms with Crippen molar-refractivity contribution < 1.29 is 9.53 Å². The zero-order chi connectivity index (χ0) is 18.4. The summed E-state index contributed by atoms with van der Waals surface area (Å²) in [6.07, 6.45) is 5.09. The fourth-order valence-electron chi connectivity index (χ4n) is 3.97. The Morgan fingerprint density at radius 1 is 1.15 bits per heavy atom. The molecule has 3 rings (SSSR count). The summed E-state index contributed by atoms with van der Waals surface area (Å²) in [7, 11) is 1.70. The number of amides is 1. The number of hydrogen-bond acceptors (Lipinski definition) is 5. The van der Waals surface area contributed by atoms with Gasteiger partial charge in [0.1, 0.15) is 5.75 Å². The van der Waals surface area contributed by atoms with Gasteiger partial charge in [-0.25, -0.2) is 0 Å².